The second-order valence-corrected chi connectivity index (χ2v) is 1.49. The second-order valence-electron chi connectivity index (χ2n) is 1.49. The van der Waals surface area contributed by atoms with Crippen molar-refractivity contribution in [2.45, 2.75) is 26.7 Å². The fraction of sp³-hybridized carbons (Fsp3) is 0.667. The summed E-state index contributed by atoms with van der Waals surface area (Å²) in [6.07, 6.45) is 0.444. The molecule has 0 aromatic heterocycles. The van der Waals surface area contributed by atoms with Gasteiger partial charge in [-0.15, -0.1) is 0 Å². The Kier molecular flexibility index (Phi) is 24.9. The molecular formula is C6H12O5Zr. The van der Waals surface area contributed by atoms with Gasteiger partial charge in [-0.1, -0.05) is 13.8 Å². The molecule has 0 atom stereocenters. The summed E-state index contributed by atoms with van der Waals surface area (Å²) in [4.78, 5) is 18.7. The third-order valence-electron chi connectivity index (χ3n) is 0.605. The molecule has 0 rings (SSSR count). The Hall–Kier alpha value is -0.377. The van der Waals surface area contributed by atoms with Gasteiger partial charge in [0.2, 0.25) is 0 Å². The van der Waals surface area contributed by atoms with Crippen molar-refractivity contribution in [2.24, 2.45) is 0 Å². The molecule has 0 saturated carbocycles. The van der Waals surface area contributed by atoms with Gasteiger partial charge in [0.25, 0.3) is 0 Å². The predicted molar refractivity (Wildman–Crippen MR) is 36.5 cm³/mol. The van der Waals surface area contributed by atoms with Crippen LogP contribution in [0.25, 0.3) is 0 Å². The summed E-state index contributed by atoms with van der Waals surface area (Å²) in [6.45, 7) is 3.20. The van der Waals surface area contributed by atoms with Gasteiger partial charge in [-0.05, 0) is 0 Å². The van der Waals surface area contributed by atoms with Crippen molar-refractivity contribution < 1.29 is 47.3 Å². The number of hydrogen-bond acceptors (Lipinski definition) is 3. The van der Waals surface area contributed by atoms with Crippen molar-refractivity contribution in [3.8, 4) is 0 Å². The first-order valence-electron chi connectivity index (χ1n) is 3.18. The van der Waals surface area contributed by atoms with E-state index in [9.17, 15) is 9.59 Å². The summed E-state index contributed by atoms with van der Waals surface area (Å²) in [5.41, 5.74) is 0. The Labute approximate surface area is 86.1 Å². The van der Waals surface area contributed by atoms with Gasteiger partial charge in [-0.3, -0.25) is 9.59 Å². The fourth-order valence-corrected chi connectivity index (χ4v) is 0. The van der Waals surface area contributed by atoms with Crippen LogP contribution in [0.4, 0.5) is 0 Å². The minimum atomic E-state index is -0.745. The monoisotopic (exact) mass is 254 g/mol. The van der Waals surface area contributed by atoms with Crippen molar-refractivity contribution in [1.29, 1.82) is 0 Å². The molecule has 0 fully saturated rings. The summed E-state index contributed by atoms with van der Waals surface area (Å²) in [7, 11) is 0. The molecule has 0 heterocycles. The van der Waals surface area contributed by atoms with E-state index in [1.165, 1.54) is 0 Å². The molecule has 0 aromatic carbocycles. The van der Waals surface area contributed by atoms with Crippen molar-refractivity contribution in [2.75, 3.05) is 0 Å². The Morgan fingerprint density at radius 3 is 1.08 bits per heavy atom. The van der Waals surface area contributed by atoms with Crippen molar-refractivity contribution in [3.63, 3.8) is 0 Å². The molecule has 0 aliphatic heterocycles. The predicted octanol–water partition coefficient (Wildman–Crippen LogP) is 0.841. The number of carboxylic acid groups (broad SMARTS) is 2. The maximum atomic E-state index is 9.37. The molecule has 0 spiro atoms. The molecule has 0 aliphatic carbocycles. The van der Waals surface area contributed by atoms with Crippen LogP contribution in [0.15, 0.2) is 0 Å². The van der Waals surface area contributed by atoms with Gasteiger partial charge in [-0.25, -0.2) is 0 Å². The van der Waals surface area contributed by atoms with E-state index >= 15 is 0 Å². The number of hydrogen-bond donors (Lipinski definition) is 2. The van der Waals surface area contributed by atoms with E-state index in [1.807, 2.05) is 0 Å². The molecule has 2 N–H and O–H groups in total. The van der Waals surface area contributed by atoms with E-state index in [-0.39, 0.29) is 12.8 Å². The molecule has 0 aliphatic rings. The average molecular weight is 255 g/mol. The normalized spacial score (nSPS) is 6.42. The van der Waals surface area contributed by atoms with Crippen LogP contribution < -0.4 is 0 Å². The topological polar surface area (TPSA) is 91.7 Å². The quantitative estimate of drug-likeness (QED) is 0.763. The second kappa shape index (κ2) is 16.9. The molecule has 0 aromatic rings. The fourth-order valence-electron chi connectivity index (χ4n) is 0. The minimum absolute atomic E-state index is 0.222. The van der Waals surface area contributed by atoms with E-state index < -0.39 is 11.9 Å². The van der Waals surface area contributed by atoms with Crippen LogP contribution in [0.5, 0.6) is 0 Å². The molecule has 0 amide bonds. The zero-order valence-electron chi connectivity index (χ0n) is 7.03. The van der Waals surface area contributed by atoms with Gasteiger partial charge >= 0.3 is 39.5 Å². The standard InChI is InChI=1S/2C3H6O2.O.Zr/c2*1-2-3(4)5;;/h2*2H2,1H3,(H,4,5);;. The van der Waals surface area contributed by atoms with Crippen molar-refractivity contribution in [3.05, 3.63) is 0 Å². The van der Waals surface area contributed by atoms with Gasteiger partial charge < -0.3 is 10.2 Å². The Morgan fingerprint density at radius 2 is 1.08 bits per heavy atom. The Balaban J connectivity index is -0.000000112. The maximum absolute atomic E-state index is 9.37. The summed E-state index contributed by atoms with van der Waals surface area (Å²) in [5, 5.41) is 15.4. The first kappa shape index (κ1) is 17.6. The molecule has 5 nitrogen and oxygen atoms in total. The van der Waals surface area contributed by atoms with E-state index in [1.54, 1.807) is 13.8 Å². The van der Waals surface area contributed by atoms with Crippen LogP contribution in [0.2, 0.25) is 0 Å². The van der Waals surface area contributed by atoms with Gasteiger partial charge in [0.05, 0.1) is 0 Å². The molecule has 0 saturated heterocycles. The van der Waals surface area contributed by atoms with Crippen LogP contribution >= 0.6 is 0 Å². The Bertz CT molecular complexity index is 111. The van der Waals surface area contributed by atoms with Gasteiger partial charge in [0.1, 0.15) is 0 Å². The molecule has 0 unspecified atom stereocenters. The van der Waals surface area contributed by atoms with Crippen LogP contribution in [-0.2, 0) is 37.1 Å². The van der Waals surface area contributed by atoms with Gasteiger partial charge in [-0.2, -0.15) is 0 Å². The molecular weight excluding hydrogens is 243 g/mol. The summed E-state index contributed by atoms with van der Waals surface area (Å²) >= 11 is 0.300. The third-order valence-corrected chi connectivity index (χ3v) is 0.605. The van der Waals surface area contributed by atoms with E-state index in [4.69, 9.17) is 13.0 Å². The number of rotatable bonds is 2. The summed E-state index contributed by atoms with van der Waals surface area (Å²) in [6, 6.07) is 0. The number of carboxylic acids is 2. The SMILES string of the molecule is CCC(=O)O.CCC(=O)O.[O]=[Zr]. The Morgan fingerprint density at radius 1 is 1.00 bits per heavy atom. The molecule has 0 bridgehead atoms. The van der Waals surface area contributed by atoms with E-state index in [0.717, 1.165) is 0 Å². The van der Waals surface area contributed by atoms with Crippen LogP contribution in [0, 0.1) is 0 Å². The third kappa shape index (κ3) is 54.5. The van der Waals surface area contributed by atoms with E-state index in [0.29, 0.717) is 24.7 Å². The molecule has 0 radical (unpaired) electrons. The zero-order valence-corrected chi connectivity index (χ0v) is 9.49. The van der Waals surface area contributed by atoms with Crippen LogP contribution in [0.3, 0.4) is 0 Å². The average Bonchev–Trinajstić information content (AvgIpc) is 2.09. The first-order chi connectivity index (χ1) is 5.54. The van der Waals surface area contributed by atoms with E-state index in [2.05, 4.69) is 0 Å². The first-order valence-corrected chi connectivity index (χ1v) is 4.18. The molecule has 12 heavy (non-hydrogen) atoms. The van der Waals surface area contributed by atoms with Gasteiger partial charge in [0.15, 0.2) is 0 Å². The zero-order chi connectivity index (χ0) is 10.6. The summed E-state index contributed by atoms with van der Waals surface area (Å²) in [5.74, 6) is -1.49. The van der Waals surface area contributed by atoms with Crippen LogP contribution in [0.1, 0.15) is 26.7 Å². The molecule has 70 valence electrons. The van der Waals surface area contributed by atoms with Crippen molar-refractivity contribution >= 4 is 11.9 Å². The van der Waals surface area contributed by atoms with Crippen molar-refractivity contribution in [1.82, 2.24) is 0 Å². The summed E-state index contributed by atoms with van der Waals surface area (Å²) < 4.78 is 8.34. The number of carbonyl (C=O) groups is 2. The van der Waals surface area contributed by atoms with Crippen LogP contribution in [-0.4, -0.2) is 22.2 Å². The molecule has 6 heteroatoms. The number of aliphatic carboxylic acids is 2. The van der Waals surface area contributed by atoms with Gasteiger partial charge in [0, 0.05) is 12.8 Å².